The Morgan fingerprint density at radius 3 is 0.848 bits per heavy atom. The van der Waals surface area contributed by atoms with Gasteiger partial charge in [0.05, 0.1) is 49.1 Å². The van der Waals surface area contributed by atoms with Crippen LogP contribution in [0.1, 0.15) is 127 Å². The fourth-order valence-electron chi connectivity index (χ4n) is 13.7. The summed E-state index contributed by atoms with van der Waals surface area (Å²) in [6, 6.07) is 47.4. The van der Waals surface area contributed by atoms with Gasteiger partial charge in [-0.25, -0.2) is 0 Å². The third kappa shape index (κ3) is 12.9. The van der Waals surface area contributed by atoms with Crippen LogP contribution in [-0.2, 0) is 14.4 Å². The molecular formula is C80H64O16S3. The molecule has 3 aliphatic carbocycles. The highest BCUT2D eigenvalue weighted by atomic mass is 32.1. The first kappa shape index (κ1) is 66.5. The number of carboxylic acid groups (broad SMARTS) is 3. The van der Waals surface area contributed by atoms with E-state index in [0.29, 0.717) is 56.1 Å². The van der Waals surface area contributed by atoms with Crippen molar-refractivity contribution in [2.45, 2.75) is 71.6 Å². The summed E-state index contributed by atoms with van der Waals surface area (Å²) in [6.07, 6.45) is 1.91. The van der Waals surface area contributed by atoms with E-state index in [4.69, 9.17) is 0 Å². The van der Waals surface area contributed by atoms with Crippen LogP contribution in [0.4, 0.5) is 0 Å². The summed E-state index contributed by atoms with van der Waals surface area (Å²) in [5.41, 5.74) is 11.8. The number of phenols is 7. The van der Waals surface area contributed by atoms with Gasteiger partial charge in [0.2, 0.25) is 17.3 Å². The van der Waals surface area contributed by atoms with Crippen molar-refractivity contribution < 1.29 is 79.8 Å². The largest absolute Gasteiger partial charge is 0.508 e. The summed E-state index contributed by atoms with van der Waals surface area (Å²) in [5.74, 6) is -4.38. The molecule has 6 unspecified atom stereocenters. The lowest BCUT2D eigenvalue weighted by molar-refractivity contribution is -0.139. The Morgan fingerprint density at radius 1 is 0.323 bits per heavy atom. The van der Waals surface area contributed by atoms with Gasteiger partial charge in [-0.2, -0.15) is 0 Å². The second kappa shape index (κ2) is 26.0. The van der Waals surface area contributed by atoms with Crippen LogP contribution in [0.25, 0.3) is 63.6 Å². The highest BCUT2D eigenvalue weighted by Gasteiger charge is 2.46. The van der Waals surface area contributed by atoms with Crippen molar-refractivity contribution in [1.82, 2.24) is 0 Å². The maximum Gasteiger partial charge on any atom is 0.307 e. The van der Waals surface area contributed by atoms with Gasteiger partial charge in [0, 0.05) is 53.0 Å². The summed E-state index contributed by atoms with van der Waals surface area (Å²) in [5, 5.41) is 101. The highest BCUT2D eigenvalue weighted by molar-refractivity contribution is 7.22. The number of hydrogen-bond donors (Lipinski definition) is 10. The van der Waals surface area contributed by atoms with Crippen molar-refractivity contribution in [3.05, 3.63) is 240 Å². The zero-order valence-corrected chi connectivity index (χ0v) is 56.3. The monoisotopic (exact) mass is 1380 g/mol. The maximum absolute atomic E-state index is 13.7. The van der Waals surface area contributed by atoms with Crippen LogP contribution >= 0.6 is 34.0 Å². The van der Waals surface area contributed by atoms with E-state index < -0.39 is 17.9 Å². The zero-order valence-electron chi connectivity index (χ0n) is 53.8. The van der Waals surface area contributed by atoms with Crippen LogP contribution in [0, 0.1) is 52.4 Å². The minimum atomic E-state index is -0.787. The fourth-order valence-corrected chi connectivity index (χ4v) is 17.3. The predicted octanol–water partition coefficient (Wildman–Crippen LogP) is 17.4. The van der Waals surface area contributed by atoms with Crippen molar-refractivity contribution in [3.8, 4) is 73.6 Å². The number of phenolic OH excluding ortho intramolecular Hbond substituents is 7. The number of ketones is 3. The molecule has 99 heavy (non-hydrogen) atoms. The Labute approximate surface area is 578 Å². The molecule has 0 aliphatic heterocycles. The number of hydrogen-bond acceptors (Lipinski definition) is 16. The minimum Gasteiger partial charge on any atom is -0.508 e. The molecule has 0 amide bonds. The molecule has 0 spiro atoms. The molecule has 3 aliphatic rings. The third-order valence-corrected chi connectivity index (χ3v) is 22.2. The van der Waals surface area contributed by atoms with Crippen molar-refractivity contribution in [2.24, 2.45) is 17.8 Å². The molecular weight excluding hydrogens is 1310 g/mol. The Balaban J connectivity index is 0.000000133. The van der Waals surface area contributed by atoms with Crippen LogP contribution in [0.15, 0.2) is 164 Å². The second-order valence-corrected chi connectivity index (χ2v) is 28.9. The van der Waals surface area contributed by atoms with Crippen LogP contribution in [-0.4, -0.2) is 86.3 Å². The number of carbonyl (C=O) groups is 6. The first-order valence-corrected chi connectivity index (χ1v) is 34.2. The van der Waals surface area contributed by atoms with Crippen LogP contribution in [0.5, 0.6) is 40.2 Å². The van der Waals surface area contributed by atoms with Gasteiger partial charge in [0.15, 0.2) is 0 Å². The number of aliphatic carboxylic acids is 3. The molecule has 3 fully saturated rings. The van der Waals surface area contributed by atoms with Crippen molar-refractivity contribution >= 4 is 99.5 Å². The molecule has 12 aromatic rings. The van der Waals surface area contributed by atoms with Gasteiger partial charge >= 0.3 is 17.9 Å². The van der Waals surface area contributed by atoms with Crippen LogP contribution in [0.3, 0.4) is 0 Å². The Hall–Kier alpha value is -11.1. The van der Waals surface area contributed by atoms with Gasteiger partial charge in [-0.05, 0) is 206 Å². The van der Waals surface area contributed by atoms with Crippen molar-refractivity contribution in [1.29, 1.82) is 0 Å². The molecule has 0 saturated heterocycles. The molecule has 10 N–H and O–H groups in total. The number of rotatable bonds is 15. The molecule has 15 rings (SSSR count). The van der Waals surface area contributed by atoms with Gasteiger partial charge in [-0.3, -0.25) is 28.8 Å². The zero-order chi connectivity index (χ0) is 70.3. The standard InChI is InChI=1S/2C27H22O5S.C26H20O6S/c2*1-13-9-14(2)23(21(29)10-13)25(30)26-24(18-8-7-17(28)11-22(18)33-26)16-5-3-15(4-6-16)19-12-20(19)27(31)32;1-12-8-16(28)9-20(29)22(12)24(30)25-23(17-7-6-15(27)10-21(17)33-25)14-4-2-13(3-5-14)18-11-19(18)26(31)32/h2*3-11,19-20,28-29H,12H2,1-2H3,(H,31,32);2-10,18-19,27-29H,11H2,1H3,(H,31,32). The second-order valence-electron chi connectivity index (χ2n) is 25.8. The van der Waals surface area contributed by atoms with E-state index >= 15 is 0 Å². The smallest absolute Gasteiger partial charge is 0.307 e. The molecule has 3 aromatic heterocycles. The number of fused-ring (bicyclic) bond motifs is 3. The fraction of sp³-hybridized carbons (Fsp3) is 0.175. The number of aryl methyl sites for hydroxylation is 5. The minimum absolute atomic E-state index is 0.00501. The first-order chi connectivity index (χ1) is 47.2. The number of aromatic hydroxyl groups is 7. The molecule has 0 radical (unpaired) electrons. The van der Waals surface area contributed by atoms with Gasteiger partial charge in [-0.15, -0.1) is 34.0 Å². The summed E-state index contributed by atoms with van der Waals surface area (Å²) >= 11 is 3.80. The average molecular weight is 1380 g/mol. The molecule has 498 valence electrons. The quantitative estimate of drug-likeness (QED) is 0.0427. The Kier molecular flexibility index (Phi) is 17.5. The maximum atomic E-state index is 13.7. The van der Waals surface area contributed by atoms with Crippen molar-refractivity contribution in [3.63, 3.8) is 0 Å². The lowest BCUT2D eigenvalue weighted by Crippen LogP contribution is -2.04. The van der Waals surface area contributed by atoms with E-state index in [2.05, 4.69) is 0 Å². The van der Waals surface area contributed by atoms with Gasteiger partial charge in [0.1, 0.15) is 40.2 Å². The average Bonchev–Trinajstić information content (AvgIpc) is 1.63. The Morgan fingerprint density at radius 2 is 0.596 bits per heavy atom. The topological polar surface area (TPSA) is 305 Å². The van der Waals surface area contributed by atoms with Gasteiger partial charge in [-0.1, -0.05) is 84.9 Å². The molecule has 6 atom stereocenters. The lowest BCUT2D eigenvalue weighted by atomic mass is 9.94. The first-order valence-electron chi connectivity index (χ1n) is 31.8. The molecule has 3 saturated carbocycles. The summed E-state index contributed by atoms with van der Waals surface area (Å²) in [4.78, 5) is 76.0. The Bertz CT molecular complexity index is 4750. The van der Waals surface area contributed by atoms with E-state index in [1.807, 2.05) is 113 Å². The van der Waals surface area contributed by atoms with E-state index in [1.54, 1.807) is 73.7 Å². The summed E-state index contributed by atoms with van der Waals surface area (Å²) in [6.45, 7) is 8.99. The van der Waals surface area contributed by atoms with Crippen LogP contribution < -0.4 is 0 Å². The number of benzene rings is 9. The molecule has 3 heterocycles. The third-order valence-electron chi connectivity index (χ3n) is 18.7. The normalized spacial score (nSPS) is 17.3. The highest BCUT2D eigenvalue weighted by Crippen LogP contribution is 2.52. The lowest BCUT2D eigenvalue weighted by Gasteiger charge is -2.10. The van der Waals surface area contributed by atoms with E-state index in [1.165, 1.54) is 40.1 Å². The molecule has 16 nitrogen and oxygen atoms in total. The number of carbonyl (C=O) groups excluding carboxylic acids is 3. The molecule has 0 bridgehead atoms. The SMILES string of the molecule is Cc1cc(C)c(C(=O)c2sc3cc(O)ccc3c2-c2ccc(C3CC3C(=O)O)cc2)c(O)c1.Cc1cc(C)c(C(=O)c2sc3cc(O)ccc3c2-c2ccc(C3CC3C(=O)O)cc2)c(O)c1.Cc1cc(O)cc(O)c1C(=O)c1sc2cc(O)ccc2c1-c1ccc(C2CC2C(=O)O)cc1. The summed E-state index contributed by atoms with van der Waals surface area (Å²) < 4.78 is 2.27. The van der Waals surface area contributed by atoms with E-state index in [0.717, 1.165) is 92.0 Å². The summed E-state index contributed by atoms with van der Waals surface area (Å²) in [7, 11) is 0. The molecule has 9 aromatic carbocycles. The van der Waals surface area contributed by atoms with Crippen molar-refractivity contribution in [2.75, 3.05) is 0 Å². The number of carboxylic acids is 3. The number of thiophene rings is 3. The van der Waals surface area contributed by atoms with E-state index in [9.17, 15) is 79.8 Å². The van der Waals surface area contributed by atoms with Gasteiger partial charge in [0.25, 0.3) is 0 Å². The van der Waals surface area contributed by atoms with E-state index in [-0.39, 0.29) is 110 Å². The van der Waals surface area contributed by atoms with Crippen LogP contribution in [0.2, 0.25) is 0 Å². The van der Waals surface area contributed by atoms with Gasteiger partial charge < -0.3 is 51.1 Å². The predicted molar refractivity (Wildman–Crippen MR) is 382 cm³/mol. The molecule has 19 heteroatoms.